The molecule has 3 amide bonds. The zero-order valence-corrected chi connectivity index (χ0v) is 13.9. The van der Waals surface area contributed by atoms with Crippen molar-refractivity contribution >= 4 is 28.8 Å². The molecule has 4 rings (SSSR count). The number of aromatic amines is 1. The summed E-state index contributed by atoms with van der Waals surface area (Å²) >= 11 is 0. The molecular formula is C19H16N4O3. The second kappa shape index (κ2) is 6.44. The van der Waals surface area contributed by atoms with Gasteiger partial charge in [-0.15, -0.1) is 0 Å². The van der Waals surface area contributed by atoms with Crippen molar-refractivity contribution < 1.29 is 14.4 Å². The maximum Gasteiger partial charge on any atom is 0.261 e. The third-order valence-electron chi connectivity index (χ3n) is 4.41. The first-order chi connectivity index (χ1) is 12.6. The minimum absolute atomic E-state index is 0.0672. The number of nitrogens with one attached hydrogen (secondary N) is 2. The molecule has 0 unspecified atom stereocenters. The Balaban J connectivity index is 1.33. The van der Waals surface area contributed by atoms with E-state index in [4.69, 9.17) is 0 Å². The minimum atomic E-state index is -0.344. The number of rotatable bonds is 5. The average Bonchev–Trinajstić information content (AvgIpc) is 3.22. The van der Waals surface area contributed by atoms with E-state index in [2.05, 4.69) is 15.3 Å². The Bertz CT molecular complexity index is 989. The molecule has 0 saturated carbocycles. The first-order valence-electron chi connectivity index (χ1n) is 8.27. The SMILES string of the molecule is O=C(CCN1C(=O)c2ccccc2C1=O)NCc1ccc2nc[nH]c2c1. The fourth-order valence-electron chi connectivity index (χ4n) is 3.04. The Morgan fingerprint density at radius 3 is 2.54 bits per heavy atom. The van der Waals surface area contributed by atoms with Crippen LogP contribution in [0.4, 0.5) is 0 Å². The van der Waals surface area contributed by atoms with Gasteiger partial charge in [0.25, 0.3) is 11.8 Å². The van der Waals surface area contributed by atoms with Crippen molar-refractivity contribution in [1.29, 1.82) is 0 Å². The number of fused-ring (bicyclic) bond motifs is 2. The summed E-state index contributed by atoms with van der Waals surface area (Å²) in [6.45, 7) is 0.438. The van der Waals surface area contributed by atoms with E-state index in [1.165, 1.54) is 0 Å². The lowest BCUT2D eigenvalue weighted by Gasteiger charge is -2.13. The lowest BCUT2D eigenvalue weighted by molar-refractivity contribution is -0.121. The van der Waals surface area contributed by atoms with Crippen molar-refractivity contribution in [3.8, 4) is 0 Å². The summed E-state index contributed by atoms with van der Waals surface area (Å²) in [4.78, 5) is 44.9. The van der Waals surface area contributed by atoms with Gasteiger partial charge in [-0.05, 0) is 29.8 Å². The first kappa shape index (κ1) is 16.0. The van der Waals surface area contributed by atoms with Crippen LogP contribution in [0.5, 0.6) is 0 Å². The number of aromatic nitrogens is 2. The number of hydrogen-bond acceptors (Lipinski definition) is 4. The molecule has 0 saturated heterocycles. The molecule has 0 aliphatic carbocycles. The summed E-state index contributed by atoms with van der Waals surface area (Å²) in [5, 5.41) is 2.81. The Labute approximate surface area is 149 Å². The minimum Gasteiger partial charge on any atom is -0.352 e. The van der Waals surface area contributed by atoms with Gasteiger partial charge in [0.1, 0.15) is 0 Å². The van der Waals surface area contributed by atoms with E-state index >= 15 is 0 Å². The molecule has 0 atom stereocenters. The number of imidazole rings is 1. The second-order valence-electron chi connectivity index (χ2n) is 6.09. The number of hydrogen-bond donors (Lipinski definition) is 2. The topological polar surface area (TPSA) is 95.2 Å². The first-order valence-corrected chi connectivity index (χ1v) is 8.27. The summed E-state index contributed by atoms with van der Waals surface area (Å²) in [6.07, 6.45) is 1.69. The molecule has 1 aliphatic rings. The van der Waals surface area contributed by atoms with Gasteiger partial charge in [-0.1, -0.05) is 18.2 Å². The third kappa shape index (κ3) is 2.83. The van der Waals surface area contributed by atoms with E-state index in [0.717, 1.165) is 21.5 Å². The van der Waals surface area contributed by atoms with Gasteiger partial charge >= 0.3 is 0 Å². The zero-order valence-electron chi connectivity index (χ0n) is 13.9. The fourth-order valence-corrected chi connectivity index (χ4v) is 3.04. The zero-order chi connectivity index (χ0) is 18.1. The highest BCUT2D eigenvalue weighted by molar-refractivity contribution is 6.21. The number of carbonyl (C=O) groups is 3. The molecule has 3 aromatic rings. The molecule has 26 heavy (non-hydrogen) atoms. The summed E-state index contributed by atoms with van der Waals surface area (Å²) in [5.41, 5.74) is 3.50. The molecule has 1 aliphatic heterocycles. The Kier molecular flexibility index (Phi) is 3.96. The highest BCUT2D eigenvalue weighted by Crippen LogP contribution is 2.22. The molecule has 2 heterocycles. The quantitative estimate of drug-likeness (QED) is 0.688. The van der Waals surface area contributed by atoms with Crippen molar-refractivity contribution in [3.63, 3.8) is 0 Å². The number of nitrogens with zero attached hydrogens (tertiary/aromatic N) is 2. The van der Waals surface area contributed by atoms with Crippen LogP contribution < -0.4 is 5.32 Å². The molecule has 2 aromatic carbocycles. The maximum atomic E-state index is 12.3. The van der Waals surface area contributed by atoms with Crippen LogP contribution in [-0.2, 0) is 11.3 Å². The molecule has 0 radical (unpaired) electrons. The monoisotopic (exact) mass is 348 g/mol. The summed E-state index contributed by atoms with van der Waals surface area (Å²) in [7, 11) is 0. The van der Waals surface area contributed by atoms with Crippen LogP contribution in [0.15, 0.2) is 48.8 Å². The number of H-pyrrole nitrogens is 1. The van der Waals surface area contributed by atoms with Crippen LogP contribution in [-0.4, -0.2) is 39.1 Å². The van der Waals surface area contributed by atoms with Gasteiger partial charge in [-0.2, -0.15) is 0 Å². The third-order valence-corrected chi connectivity index (χ3v) is 4.41. The van der Waals surface area contributed by atoms with E-state index in [0.29, 0.717) is 17.7 Å². The number of carbonyl (C=O) groups excluding carboxylic acids is 3. The van der Waals surface area contributed by atoms with Crippen molar-refractivity contribution in [3.05, 3.63) is 65.5 Å². The largest absolute Gasteiger partial charge is 0.352 e. The number of benzene rings is 2. The lowest BCUT2D eigenvalue weighted by atomic mass is 10.1. The Morgan fingerprint density at radius 2 is 1.81 bits per heavy atom. The van der Waals surface area contributed by atoms with Crippen molar-refractivity contribution in [2.75, 3.05) is 6.54 Å². The predicted molar refractivity (Wildman–Crippen MR) is 94.4 cm³/mol. The maximum absolute atomic E-state index is 12.3. The van der Waals surface area contributed by atoms with E-state index in [9.17, 15) is 14.4 Å². The molecule has 130 valence electrons. The fraction of sp³-hybridized carbons (Fsp3) is 0.158. The molecule has 0 fully saturated rings. The van der Waals surface area contributed by atoms with Gasteiger partial charge in [0.2, 0.25) is 5.91 Å². The van der Waals surface area contributed by atoms with Crippen LogP contribution in [0.3, 0.4) is 0 Å². The van der Waals surface area contributed by atoms with E-state index in [-0.39, 0.29) is 30.7 Å². The Morgan fingerprint density at radius 1 is 1.08 bits per heavy atom. The highest BCUT2D eigenvalue weighted by atomic mass is 16.2. The highest BCUT2D eigenvalue weighted by Gasteiger charge is 2.34. The molecule has 0 spiro atoms. The van der Waals surface area contributed by atoms with Crippen LogP contribution in [0.1, 0.15) is 32.7 Å². The molecular weight excluding hydrogens is 332 g/mol. The molecule has 0 bridgehead atoms. The van der Waals surface area contributed by atoms with Crippen LogP contribution in [0.25, 0.3) is 11.0 Å². The lowest BCUT2D eigenvalue weighted by Crippen LogP contribution is -2.34. The van der Waals surface area contributed by atoms with Gasteiger partial charge < -0.3 is 10.3 Å². The number of imide groups is 1. The standard InChI is InChI=1S/C19H16N4O3/c24-17(20-10-12-5-6-15-16(9-12)22-11-21-15)7-8-23-18(25)13-3-1-2-4-14(13)19(23)26/h1-6,9,11H,7-8,10H2,(H,20,24)(H,21,22). The Hall–Kier alpha value is -3.48. The van der Waals surface area contributed by atoms with Crippen LogP contribution in [0.2, 0.25) is 0 Å². The normalized spacial score (nSPS) is 13.3. The smallest absolute Gasteiger partial charge is 0.261 e. The van der Waals surface area contributed by atoms with E-state index < -0.39 is 0 Å². The predicted octanol–water partition coefficient (Wildman–Crippen LogP) is 1.87. The van der Waals surface area contributed by atoms with Crippen molar-refractivity contribution in [2.24, 2.45) is 0 Å². The summed E-state index contributed by atoms with van der Waals surface area (Å²) < 4.78 is 0. The van der Waals surface area contributed by atoms with Gasteiger partial charge in [0, 0.05) is 19.5 Å². The van der Waals surface area contributed by atoms with Gasteiger partial charge in [0.05, 0.1) is 28.5 Å². The second-order valence-corrected chi connectivity index (χ2v) is 6.09. The van der Waals surface area contributed by atoms with Gasteiger partial charge in [0.15, 0.2) is 0 Å². The number of amides is 3. The average molecular weight is 348 g/mol. The van der Waals surface area contributed by atoms with E-state index in [1.54, 1.807) is 30.6 Å². The molecule has 2 N–H and O–H groups in total. The molecule has 1 aromatic heterocycles. The summed E-state index contributed by atoms with van der Waals surface area (Å²) in [6, 6.07) is 12.4. The van der Waals surface area contributed by atoms with Crippen molar-refractivity contribution in [2.45, 2.75) is 13.0 Å². The van der Waals surface area contributed by atoms with Crippen LogP contribution in [0, 0.1) is 0 Å². The van der Waals surface area contributed by atoms with Crippen LogP contribution >= 0.6 is 0 Å². The molecule has 7 heteroatoms. The summed E-state index contributed by atoms with van der Waals surface area (Å²) in [5.74, 6) is -0.905. The van der Waals surface area contributed by atoms with E-state index in [1.807, 2.05) is 18.2 Å². The van der Waals surface area contributed by atoms with Crippen molar-refractivity contribution in [1.82, 2.24) is 20.2 Å². The molecule has 7 nitrogen and oxygen atoms in total. The van der Waals surface area contributed by atoms with Gasteiger partial charge in [-0.3, -0.25) is 19.3 Å². The van der Waals surface area contributed by atoms with Gasteiger partial charge in [-0.25, -0.2) is 4.98 Å².